The van der Waals surface area contributed by atoms with Crippen molar-refractivity contribution in [1.82, 2.24) is 15.1 Å². The van der Waals surface area contributed by atoms with Gasteiger partial charge in [0.25, 0.3) is 0 Å². The zero-order chi connectivity index (χ0) is 22.1. The molecule has 0 saturated carbocycles. The highest BCUT2D eigenvalue weighted by molar-refractivity contribution is 5.68. The number of hydrogen-bond acceptors (Lipinski definition) is 5. The van der Waals surface area contributed by atoms with Gasteiger partial charge in [0, 0.05) is 35.9 Å². The van der Waals surface area contributed by atoms with E-state index in [4.69, 9.17) is 4.42 Å². The maximum absolute atomic E-state index is 5.99. The fourth-order valence-corrected chi connectivity index (χ4v) is 4.22. The number of aromatic nitrogens is 2. The summed E-state index contributed by atoms with van der Waals surface area (Å²) in [6.45, 7) is 4.25. The highest BCUT2D eigenvalue weighted by atomic mass is 16.4. The molecule has 5 nitrogen and oxygen atoms in total. The Morgan fingerprint density at radius 1 is 0.750 bits per heavy atom. The summed E-state index contributed by atoms with van der Waals surface area (Å²) in [5.41, 5.74) is 6.72. The van der Waals surface area contributed by atoms with Gasteiger partial charge < -0.3 is 14.2 Å². The highest BCUT2D eigenvalue weighted by Gasteiger charge is 2.24. The van der Waals surface area contributed by atoms with Crippen molar-refractivity contribution in [2.45, 2.75) is 19.4 Å². The normalized spacial score (nSPS) is 16.1. The highest BCUT2D eigenvalue weighted by Crippen LogP contribution is 2.29. The number of aryl methyl sites for hydroxylation is 1. The van der Waals surface area contributed by atoms with Gasteiger partial charge in [0.2, 0.25) is 11.8 Å². The van der Waals surface area contributed by atoms with Crippen LogP contribution in [0.5, 0.6) is 0 Å². The van der Waals surface area contributed by atoms with E-state index in [-0.39, 0.29) is 0 Å². The van der Waals surface area contributed by atoms with Gasteiger partial charge in [0.05, 0.1) is 0 Å². The second-order valence-corrected chi connectivity index (χ2v) is 8.75. The minimum absolute atomic E-state index is 0.535. The summed E-state index contributed by atoms with van der Waals surface area (Å²) in [5.74, 6) is 1.08. The van der Waals surface area contributed by atoms with Crippen LogP contribution >= 0.6 is 0 Å². The van der Waals surface area contributed by atoms with Crippen LogP contribution in [0.25, 0.3) is 34.0 Å². The van der Waals surface area contributed by atoms with Crippen molar-refractivity contribution in [3.63, 3.8) is 0 Å². The lowest BCUT2D eigenvalue weighted by atomic mass is 10.0. The van der Waals surface area contributed by atoms with Crippen LogP contribution < -0.4 is 4.90 Å². The van der Waals surface area contributed by atoms with Crippen molar-refractivity contribution in [3.05, 3.63) is 78.4 Å². The van der Waals surface area contributed by atoms with E-state index in [9.17, 15) is 0 Å². The average molecular weight is 425 g/mol. The molecule has 5 heteroatoms. The number of hydrogen-bond donors (Lipinski definition) is 0. The smallest absolute Gasteiger partial charge is 0.248 e. The summed E-state index contributed by atoms with van der Waals surface area (Å²) in [6.07, 6.45) is 1.20. The Balaban J connectivity index is 1.30. The van der Waals surface area contributed by atoms with Crippen LogP contribution in [0, 0.1) is 6.92 Å². The monoisotopic (exact) mass is 424 g/mol. The molecule has 0 aliphatic carbocycles. The molecule has 0 spiro atoms. The number of nitrogens with zero attached hydrogens (tertiary/aromatic N) is 4. The molecule has 0 amide bonds. The van der Waals surface area contributed by atoms with E-state index in [2.05, 4.69) is 102 Å². The lowest BCUT2D eigenvalue weighted by molar-refractivity contribution is 0.315. The third kappa shape index (κ3) is 4.16. The Morgan fingerprint density at radius 3 is 1.78 bits per heavy atom. The molecule has 4 aromatic rings. The van der Waals surface area contributed by atoms with Gasteiger partial charge >= 0.3 is 0 Å². The van der Waals surface area contributed by atoms with Gasteiger partial charge in [-0.25, -0.2) is 0 Å². The molecule has 1 aliphatic rings. The molecule has 1 saturated heterocycles. The van der Waals surface area contributed by atoms with Crippen molar-refractivity contribution in [2.24, 2.45) is 0 Å². The van der Waals surface area contributed by atoms with Crippen LogP contribution in [0.15, 0.2) is 77.2 Å². The molecule has 0 radical (unpaired) electrons. The Hall–Kier alpha value is -3.44. The van der Waals surface area contributed by atoms with E-state index in [1.165, 1.54) is 28.8 Å². The van der Waals surface area contributed by atoms with Gasteiger partial charge in [0.1, 0.15) is 0 Å². The second kappa shape index (κ2) is 8.60. The number of rotatable bonds is 5. The summed E-state index contributed by atoms with van der Waals surface area (Å²) in [6, 6.07) is 25.8. The fourth-order valence-electron chi connectivity index (χ4n) is 4.22. The molecule has 0 N–H and O–H groups in total. The summed E-state index contributed by atoms with van der Waals surface area (Å²) in [7, 11) is 4.31. The minimum atomic E-state index is 0.535. The lowest BCUT2D eigenvalue weighted by Crippen LogP contribution is -2.31. The van der Waals surface area contributed by atoms with E-state index >= 15 is 0 Å². The van der Waals surface area contributed by atoms with E-state index < -0.39 is 0 Å². The Kier molecular flexibility index (Phi) is 5.50. The SMILES string of the molecule is Cc1ccc(-c2ccc(-c3nnc(-c4ccc(N5CCC(N(C)C)C5)cc4)o3)cc2)cc1. The van der Waals surface area contributed by atoms with Crippen molar-refractivity contribution < 1.29 is 4.42 Å². The molecule has 2 heterocycles. The third-order valence-electron chi connectivity index (χ3n) is 6.31. The van der Waals surface area contributed by atoms with Gasteiger partial charge in [-0.1, -0.05) is 42.0 Å². The minimum Gasteiger partial charge on any atom is -0.416 e. The van der Waals surface area contributed by atoms with Gasteiger partial charge in [-0.2, -0.15) is 0 Å². The van der Waals surface area contributed by atoms with Crippen LogP contribution in [-0.2, 0) is 0 Å². The van der Waals surface area contributed by atoms with E-state index in [0.717, 1.165) is 24.2 Å². The zero-order valence-corrected chi connectivity index (χ0v) is 18.8. The van der Waals surface area contributed by atoms with Gasteiger partial charge in [0.15, 0.2) is 0 Å². The van der Waals surface area contributed by atoms with E-state index in [0.29, 0.717) is 17.8 Å². The fraction of sp³-hybridized carbons (Fsp3) is 0.259. The Bertz CT molecular complexity index is 1180. The molecule has 162 valence electrons. The molecule has 1 aliphatic heterocycles. The Morgan fingerprint density at radius 2 is 1.25 bits per heavy atom. The van der Waals surface area contributed by atoms with Crippen LogP contribution in [0.2, 0.25) is 0 Å². The number of benzene rings is 3. The molecule has 0 bridgehead atoms. The van der Waals surface area contributed by atoms with Gasteiger partial charge in [-0.15, -0.1) is 10.2 Å². The maximum atomic E-state index is 5.99. The maximum Gasteiger partial charge on any atom is 0.248 e. The average Bonchev–Trinajstić information content (AvgIpc) is 3.51. The van der Waals surface area contributed by atoms with Crippen LogP contribution in [0.1, 0.15) is 12.0 Å². The van der Waals surface area contributed by atoms with Crippen LogP contribution in [0.3, 0.4) is 0 Å². The first-order chi connectivity index (χ1) is 15.6. The summed E-state index contributed by atoms with van der Waals surface area (Å²) >= 11 is 0. The molecule has 5 rings (SSSR count). The first kappa shape index (κ1) is 20.5. The van der Waals surface area contributed by atoms with Crippen molar-refractivity contribution in [1.29, 1.82) is 0 Å². The quantitative estimate of drug-likeness (QED) is 0.422. The predicted molar refractivity (Wildman–Crippen MR) is 130 cm³/mol. The standard InChI is InChI=1S/C27H28N4O/c1-19-4-6-20(7-5-19)21-8-10-22(11-9-21)26-28-29-27(32-26)23-12-14-24(15-13-23)31-17-16-25(18-31)30(2)3/h4-15,25H,16-18H2,1-3H3. The molecular weight excluding hydrogens is 396 g/mol. The second-order valence-electron chi connectivity index (χ2n) is 8.75. The van der Waals surface area contributed by atoms with E-state index in [1.807, 2.05) is 12.1 Å². The van der Waals surface area contributed by atoms with Crippen LogP contribution in [-0.4, -0.2) is 48.3 Å². The predicted octanol–water partition coefficient (Wildman–Crippen LogP) is 5.52. The van der Waals surface area contributed by atoms with Crippen molar-refractivity contribution >= 4 is 5.69 Å². The summed E-state index contributed by atoms with van der Waals surface area (Å²) < 4.78 is 5.99. The van der Waals surface area contributed by atoms with E-state index in [1.54, 1.807) is 0 Å². The molecule has 3 aromatic carbocycles. The number of likely N-dealkylation sites (N-methyl/N-ethyl adjacent to an activating group) is 1. The Labute approximate surface area is 189 Å². The largest absolute Gasteiger partial charge is 0.416 e. The molecule has 32 heavy (non-hydrogen) atoms. The summed E-state index contributed by atoms with van der Waals surface area (Å²) in [5, 5.41) is 8.55. The third-order valence-corrected chi connectivity index (χ3v) is 6.31. The van der Waals surface area contributed by atoms with Gasteiger partial charge in [-0.05, 0) is 75.0 Å². The molecule has 1 fully saturated rings. The molecule has 1 unspecified atom stereocenters. The van der Waals surface area contributed by atoms with Gasteiger partial charge in [-0.3, -0.25) is 0 Å². The first-order valence-electron chi connectivity index (χ1n) is 11.1. The van der Waals surface area contributed by atoms with Crippen LogP contribution in [0.4, 0.5) is 5.69 Å². The molecule has 1 aromatic heterocycles. The number of anilines is 1. The zero-order valence-electron chi connectivity index (χ0n) is 18.8. The van der Waals surface area contributed by atoms with Crippen molar-refractivity contribution in [3.8, 4) is 34.0 Å². The molecular formula is C27H28N4O. The first-order valence-corrected chi connectivity index (χ1v) is 11.1. The summed E-state index contributed by atoms with van der Waals surface area (Å²) in [4.78, 5) is 4.74. The van der Waals surface area contributed by atoms with Crippen molar-refractivity contribution in [2.75, 3.05) is 32.1 Å². The molecule has 1 atom stereocenters. The topological polar surface area (TPSA) is 45.4 Å². The lowest BCUT2D eigenvalue weighted by Gasteiger charge is -2.21.